The SMILES string of the molecule is COc1ccc(C(O)c2c(Cl)cnn2CCN(C)C)cn1. The molecule has 0 aliphatic heterocycles. The van der Waals surface area contributed by atoms with Gasteiger partial charge in [0.2, 0.25) is 5.88 Å². The predicted molar refractivity (Wildman–Crippen MR) is 80.6 cm³/mol. The van der Waals surface area contributed by atoms with Gasteiger partial charge in [0.25, 0.3) is 0 Å². The van der Waals surface area contributed by atoms with E-state index in [1.54, 1.807) is 36.3 Å². The predicted octanol–water partition coefficient (Wildman–Crippen LogP) is 1.58. The zero-order chi connectivity index (χ0) is 15.4. The van der Waals surface area contributed by atoms with Gasteiger partial charge in [-0.3, -0.25) is 4.68 Å². The van der Waals surface area contributed by atoms with Crippen LogP contribution >= 0.6 is 11.6 Å². The van der Waals surface area contributed by atoms with Gasteiger partial charge in [0.05, 0.1) is 30.6 Å². The molecule has 6 nitrogen and oxygen atoms in total. The normalized spacial score (nSPS) is 12.7. The van der Waals surface area contributed by atoms with Crippen LogP contribution in [0.25, 0.3) is 0 Å². The molecule has 2 aromatic rings. The quantitative estimate of drug-likeness (QED) is 0.877. The molecule has 0 aromatic carbocycles. The maximum atomic E-state index is 10.5. The first kappa shape index (κ1) is 15.8. The van der Waals surface area contributed by atoms with Crippen molar-refractivity contribution in [2.24, 2.45) is 0 Å². The van der Waals surface area contributed by atoms with Crippen LogP contribution in [0.15, 0.2) is 24.5 Å². The number of aliphatic hydroxyl groups is 1. The number of likely N-dealkylation sites (N-methyl/N-ethyl adjacent to an activating group) is 1. The van der Waals surface area contributed by atoms with E-state index in [0.717, 1.165) is 6.54 Å². The Morgan fingerprint density at radius 1 is 1.38 bits per heavy atom. The van der Waals surface area contributed by atoms with Gasteiger partial charge in [0, 0.05) is 24.4 Å². The Balaban J connectivity index is 2.24. The molecule has 1 N–H and O–H groups in total. The Bertz CT molecular complexity index is 583. The van der Waals surface area contributed by atoms with Crippen molar-refractivity contribution >= 4 is 11.6 Å². The Hall–Kier alpha value is -1.63. The summed E-state index contributed by atoms with van der Waals surface area (Å²) in [6, 6.07) is 3.46. The maximum Gasteiger partial charge on any atom is 0.212 e. The molecule has 0 fully saturated rings. The lowest BCUT2D eigenvalue weighted by molar-refractivity contribution is 0.205. The average molecular weight is 311 g/mol. The highest BCUT2D eigenvalue weighted by Gasteiger charge is 2.20. The Morgan fingerprint density at radius 2 is 2.14 bits per heavy atom. The summed E-state index contributed by atoms with van der Waals surface area (Å²) in [5.74, 6) is 0.498. The van der Waals surface area contributed by atoms with E-state index in [-0.39, 0.29) is 0 Å². The van der Waals surface area contributed by atoms with Crippen molar-refractivity contribution in [3.05, 3.63) is 40.8 Å². The molecule has 2 rings (SSSR count). The lowest BCUT2D eigenvalue weighted by Crippen LogP contribution is -2.21. The van der Waals surface area contributed by atoms with Gasteiger partial charge in [0.15, 0.2) is 0 Å². The highest BCUT2D eigenvalue weighted by Crippen LogP contribution is 2.28. The number of aromatic nitrogens is 3. The van der Waals surface area contributed by atoms with Crippen molar-refractivity contribution in [2.75, 3.05) is 27.7 Å². The van der Waals surface area contributed by atoms with Gasteiger partial charge in [-0.15, -0.1) is 0 Å². The minimum atomic E-state index is -0.874. The molecule has 0 aliphatic rings. The molecule has 7 heteroatoms. The second-order valence-corrected chi connectivity index (χ2v) is 5.35. The number of hydrogen-bond acceptors (Lipinski definition) is 5. The summed E-state index contributed by atoms with van der Waals surface area (Å²) in [6.45, 7) is 1.45. The standard InChI is InChI=1S/C14H19ClN4O2/c1-18(2)6-7-19-13(11(15)9-17-19)14(20)10-4-5-12(21-3)16-8-10/h4-5,8-9,14,20H,6-7H2,1-3H3. The first-order chi connectivity index (χ1) is 10.0. The third kappa shape index (κ3) is 3.72. The highest BCUT2D eigenvalue weighted by molar-refractivity contribution is 6.31. The van der Waals surface area contributed by atoms with Crippen LogP contribution in [0, 0.1) is 0 Å². The molecule has 2 aromatic heterocycles. The van der Waals surface area contributed by atoms with Crippen LogP contribution in [0.4, 0.5) is 0 Å². The maximum absolute atomic E-state index is 10.5. The number of pyridine rings is 1. The molecule has 0 spiro atoms. The molecule has 0 bridgehead atoms. The summed E-state index contributed by atoms with van der Waals surface area (Å²) in [7, 11) is 5.51. The monoisotopic (exact) mass is 310 g/mol. The van der Waals surface area contributed by atoms with E-state index in [1.807, 2.05) is 19.0 Å². The van der Waals surface area contributed by atoms with E-state index >= 15 is 0 Å². The second-order valence-electron chi connectivity index (χ2n) is 4.94. The largest absolute Gasteiger partial charge is 0.481 e. The molecule has 114 valence electrons. The number of ether oxygens (including phenoxy) is 1. The lowest BCUT2D eigenvalue weighted by atomic mass is 10.1. The van der Waals surface area contributed by atoms with E-state index in [9.17, 15) is 5.11 Å². The minimum absolute atomic E-state index is 0.442. The van der Waals surface area contributed by atoms with E-state index in [1.165, 1.54) is 0 Å². The summed E-state index contributed by atoms with van der Waals surface area (Å²) >= 11 is 6.16. The van der Waals surface area contributed by atoms with Gasteiger partial charge < -0.3 is 14.7 Å². The summed E-state index contributed by atoms with van der Waals surface area (Å²) in [5, 5.41) is 15.2. The Labute approximate surface area is 128 Å². The van der Waals surface area contributed by atoms with E-state index in [0.29, 0.717) is 28.7 Å². The van der Waals surface area contributed by atoms with Crippen LogP contribution < -0.4 is 4.74 Å². The molecule has 0 aliphatic carbocycles. The van der Waals surface area contributed by atoms with Crippen LogP contribution in [0.5, 0.6) is 5.88 Å². The number of hydrogen-bond donors (Lipinski definition) is 1. The number of halogens is 1. The summed E-state index contributed by atoms with van der Waals surface area (Å²) in [5.41, 5.74) is 1.22. The van der Waals surface area contributed by atoms with Crippen LogP contribution in [-0.2, 0) is 6.54 Å². The molecular formula is C14H19ClN4O2. The molecule has 1 unspecified atom stereocenters. The van der Waals surface area contributed by atoms with Crippen molar-refractivity contribution < 1.29 is 9.84 Å². The van der Waals surface area contributed by atoms with Gasteiger partial charge in [-0.1, -0.05) is 11.6 Å². The smallest absolute Gasteiger partial charge is 0.212 e. The van der Waals surface area contributed by atoms with Crippen molar-refractivity contribution in [3.63, 3.8) is 0 Å². The van der Waals surface area contributed by atoms with Crippen LogP contribution in [-0.4, -0.2) is 52.5 Å². The summed E-state index contributed by atoms with van der Waals surface area (Å²) in [4.78, 5) is 6.14. The fraction of sp³-hybridized carbons (Fsp3) is 0.429. The van der Waals surface area contributed by atoms with Gasteiger partial charge >= 0.3 is 0 Å². The average Bonchev–Trinajstić information content (AvgIpc) is 2.85. The van der Waals surface area contributed by atoms with Crippen LogP contribution in [0.2, 0.25) is 5.02 Å². The summed E-state index contributed by atoms with van der Waals surface area (Å²) < 4.78 is 6.73. The number of rotatable bonds is 6. The lowest BCUT2D eigenvalue weighted by Gasteiger charge is -2.16. The van der Waals surface area contributed by atoms with Crippen molar-refractivity contribution in [3.8, 4) is 5.88 Å². The van der Waals surface area contributed by atoms with E-state index < -0.39 is 6.10 Å². The minimum Gasteiger partial charge on any atom is -0.481 e. The van der Waals surface area contributed by atoms with Crippen LogP contribution in [0.3, 0.4) is 0 Å². The molecule has 0 saturated heterocycles. The van der Waals surface area contributed by atoms with Gasteiger partial charge in [-0.25, -0.2) is 4.98 Å². The van der Waals surface area contributed by atoms with Gasteiger partial charge in [-0.2, -0.15) is 5.10 Å². The number of aliphatic hydroxyl groups excluding tert-OH is 1. The first-order valence-electron chi connectivity index (χ1n) is 6.57. The molecular weight excluding hydrogens is 292 g/mol. The Kier molecular flexibility index (Phi) is 5.17. The third-order valence-corrected chi connectivity index (χ3v) is 3.43. The number of methoxy groups -OCH3 is 1. The topological polar surface area (TPSA) is 63.4 Å². The van der Waals surface area contributed by atoms with Gasteiger partial charge in [0.1, 0.15) is 6.10 Å². The van der Waals surface area contributed by atoms with Crippen molar-refractivity contribution in [1.82, 2.24) is 19.7 Å². The zero-order valence-electron chi connectivity index (χ0n) is 12.3. The third-order valence-electron chi connectivity index (χ3n) is 3.14. The molecule has 21 heavy (non-hydrogen) atoms. The number of nitrogens with zero attached hydrogens (tertiary/aromatic N) is 4. The molecule has 1 atom stereocenters. The van der Waals surface area contributed by atoms with E-state index in [4.69, 9.17) is 16.3 Å². The molecule has 0 amide bonds. The van der Waals surface area contributed by atoms with Crippen LogP contribution in [0.1, 0.15) is 17.4 Å². The fourth-order valence-electron chi connectivity index (χ4n) is 1.95. The van der Waals surface area contributed by atoms with Crippen molar-refractivity contribution in [1.29, 1.82) is 0 Å². The van der Waals surface area contributed by atoms with Crippen molar-refractivity contribution in [2.45, 2.75) is 12.6 Å². The zero-order valence-corrected chi connectivity index (χ0v) is 13.1. The van der Waals surface area contributed by atoms with E-state index in [2.05, 4.69) is 10.1 Å². The highest BCUT2D eigenvalue weighted by atomic mass is 35.5. The Morgan fingerprint density at radius 3 is 2.71 bits per heavy atom. The second kappa shape index (κ2) is 6.89. The summed E-state index contributed by atoms with van der Waals surface area (Å²) in [6.07, 6.45) is 2.25. The molecule has 0 radical (unpaired) electrons. The first-order valence-corrected chi connectivity index (χ1v) is 6.94. The molecule has 0 saturated carbocycles. The van der Waals surface area contributed by atoms with Gasteiger partial charge in [-0.05, 0) is 20.2 Å². The fourth-order valence-corrected chi connectivity index (χ4v) is 2.19. The molecule has 2 heterocycles.